The van der Waals surface area contributed by atoms with Gasteiger partial charge in [0.05, 0.1) is 6.61 Å². The maximum absolute atomic E-state index is 5.59. The molecule has 0 unspecified atom stereocenters. The van der Waals surface area contributed by atoms with Crippen LogP contribution in [0.25, 0.3) is 0 Å². The first kappa shape index (κ1) is 21.2. The molecule has 0 aliphatic carbocycles. The molecular weight excluding hydrogens is 276 g/mol. The van der Waals surface area contributed by atoms with Crippen molar-refractivity contribution in [3.63, 3.8) is 0 Å². The van der Waals surface area contributed by atoms with Crippen LogP contribution in [0.5, 0.6) is 0 Å². The summed E-state index contributed by atoms with van der Waals surface area (Å²) in [7, 11) is 1.80. The van der Waals surface area contributed by atoms with Gasteiger partial charge in [-0.3, -0.25) is 9.89 Å². The van der Waals surface area contributed by atoms with Gasteiger partial charge in [-0.15, -0.1) is 0 Å². The summed E-state index contributed by atoms with van der Waals surface area (Å²) in [5.74, 6) is 1.55. The topological polar surface area (TPSA) is 48.9 Å². The number of guanidine groups is 1. The molecule has 0 bridgehead atoms. The third-order valence-electron chi connectivity index (χ3n) is 3.59. The fraction of sp³-hybridized carbons (Fsp3) is 0.941. The highest BCUT2D eigenvalue weighted by Crippen LogP contribution is 2.03. The molecule has 0 fully saturated rings. The van der Waals surface area contributed by atoms with Crippen molar-refractivity contribution in [3.05, 3.63) is 0 Å². The molecule has 0 aliphatic rings. The van der Waals surface area contributed by atoms with Crippen LogP contribution >= 0.6 is 0 Å². The Balaban J connectivity index is 3.80. The van der Waals surface area contributed by atoms with Gasteiger partial charge in [0.25, 0.3) is 0 Å². The Labute approximate surface area is 137 Å². The minimum Gasteiger partial charge on any atom is -0.380 e. The van der Waals surface area contributed by atoms with Gasteiger partial charge in [0, 0.05) is 45.4 Å². The lowest BCUT2D eigenvalue weighted by atomic mass is 10.1. The van der Waals surface area contributed by atoms with E-state index in [4.69, 9.17) is 4.74 Å². The molecule has 0 aromatic heterocycles. The standard InChI is InChI=1S/C17H38N4O/c1-14(2)8-12-22-13-10-20-17(18-7)19-9-11-21(15(3)4)16(5)6/h14-16H,8-13H2,1-7H3,(H2,18,19,20). The van der Waals surface area contributed by atoms with Crippen LogP contribution in [-0.4, -0.2) is 62.8 Å². The van der Waals surface area contributed by atoms with Gasteiger partial charge in [-0.05, 0) is 40.0 Å². The van der Waals surface area contributed by atoms with E-state index in [2.05, 4.69) is 62.1 Å². The van der Waals surface area contributed by atoms with Crippen LogP contribution in [0.4, 0.5) is 0 Å². The SMILES string of the molecule is CN=C(NCCOCCC(C)C)NCCN(C(C)C)C(C)C. The molecule has 0 saturated heterocycles. The van der Waals surface area contributed by atoms with E-state index < -0.39 is 0 Å². The van der Waals surface area contributed by atoms with E-state index in [0.29, 0.717) is 18.0 Å². The molecule has 2 N–H and O–H groups in total. The lowest BCUT2D eigenvalue weighted by Crippen LogP contribution is -2.45. The number of nitrogens with zero attached hydrogens (tertiary/aromatic N) is 2. The summed E-state index contributed by atoms with van der Waals surface area (Å²) in [6.07, 6.45) is 1.12. The van der Waals surface area contributed by atoms with E-state index in [1.165, 1.54) is 0 Å². The average molecular weight is 315 g/mol. The molecule has 0 rings (SSSR count). The molecule has 0 aromatic carbocycles. The van der Waals surface area contributed by atoms with Crippen LogP contribution in [0.2, 0.25) is 0 Å². The highest BCUT2D eigenvalue weighted by molar-refractivity contribution is 5.79. The summed E-state index contributed by atoms with van der Waals surface area (Å²) < 4.78 is 5.59. The Morgan fingerprint density at radius 3 is 2.05 bits per heavy atom. The van der Waals surface area contributed by atoms with Gasteiger partial charge in [0.2, 0.25) is 0 Å². The third kappa shape index (κ3) is 10.9. The first-order chi connectivity index (χ1) is 10.4. The molecule has 0 aromatic rings. The van der Waals surface area contributed by atoms with Crippen LogP contribution in [0.1, 0.15) is 48.0 Å². The van der Waals surface area contributed by atoms with E-state index in [1.807, 2.05) is 0 Å². The summed E-state index contributed by atoms with van der Waals surface area (Å²) in [6, 6.07) is 1.12. The van der Waals surface area contributed by atoms with Crippen LogP contribution in [0, 0.1) is 5.92 Å². The number of rotatable bonds is 11. The van der Waals surface area contributed by atoms with Gasteiger partial charge in [0.15, 0.2) is 5.96 Å². The molecule has 22 heavy (non-hydrogen) atoms. The summed E-state index contributed by atoms with van der Waals surface area (Å²) >= 11 is 0. The molecule has 0 atom stereocenters. The zero-order valence-electron chi connectivity index (χ0n) is 15.8. The second kappa shape index (κ2) is 12.7. The van der Waals surface area contributed by atoms with Gasteiger partial charge in [0.1, 0.15) is 0 Å². The fourth-order valence-electron chi connectivity index (χ4n) is 2.30. The summed E-state index contributed by atoms with van der Waals surface area (Å²) in [5.41, 5.74) is 0. The van der Waals surface area contributed by atoms with Crippen LogP contribution in [0.3, 0.4) is 0 Å². The van der Waals surface area contributed by atoms with Crippen LogP contribution in [-0.2, 0) is 4.74 Å². The quantitative estimate of drug-likeness (QED) is 0.349. The molecule has 0 saturated carbocycles. The lowest BCUT2D eigenvalue weighted by molar-refractivity contribution is 0.128. The van der Waals surface area contributed by atoms with Gasteiger partial charge in [-0.2, -0.15) is 0 Å². The molecule has 132 valence electrons. The zero-order chi connectivity index (χ0) is 17.0. The molecule has 0 aliphatic heterocycles. The van der Waals surface area contributed by atoms with Crippen molar-refractivity contribution in [1.29, 1.82) is 0 Å². The van der Waals surface area contributed by atoms with Crippen molar-refractivity contribution < 1.29 is 4.74 Å². The van der Waals surface area contributed by atoms with Gasteiger partial charge >= 0.3 is 0 Å². The monoisotopic (exact) mass is 314 g/mol. The third-order valence-corrected chi connectivity index (χ3v) is 3.59. The first-order valence-corrected chi connectivity index (χ1v) is 8.66. The minimum atomic E-state index is 0.561. The van der Waals surface area contributed by atoms with Gasteiger partial charge in [-0.25, -0.2) is 0 Å². The van der Waals surface area contributed by atoms with E-state index in [1.54, 1.807) is 7.05 Å². The number of hydrogen-bond donors (Lipinski definition) is 2. The second-order valence-electron chi connectivity index (χ2n) is 6.65. The molecule has 0 spiro atoms. The maximum atomic E-state index is 5.59. The highest BCUT2D eigenvalue weighted by Gasteiger charge is 2.12. The number of aliphatic imine (C=N–C) groups is 1. The molecule has 0 radical (unpaired) electrons. The number of hydrogen-bond acceptors (Lipinski definition) is 3. The summed E-state index contributed by atoms with van der Waals surface area (Å²) in [4.78, 5) is 6.71. The Hall–Kier alpha value is -0.810. The van der Waals surface area contributed by atoms with E-state index in [-0.39, 0.29) is 0 Å². The molecule has 0 amide bonds. The van der Waals surface area contributed by atoms with Crippen LogP contribution < -0.4 is 10.6 Å². The predicted octanol–water partition coefficient (Wildman–Crippen LogP) is 2.33. The normalized spacial score (nSPS) is 12.8. The largest absolute Gasteiger partial charge is 0.380 e. The average Bonchev–Trinajstić information content (AvgIpc) is 2.43. The smallest absolute Gasteiger partial charge is 0.191 e. The fourth-order valence-corrected chi connectivity index (χ4v) is 2.30. The Morgan fingerprint density at radius 2 is 1.55 bits per heavy atom. The predicted molar refractivity (Wildman–Crippen MR) is 96.6 cm³/mol. The number of ether oxygens (including phenoxy) is 1. The molecular formula is C17H38N4O. The van der Waals surface area contributed by atoms with E-state index in [0.717, 1.165) is 45.2 Å². The molecule has 5 nitrogen and oxygen atoms in total. The van der Waals surface area contributed by atoms with Gasteiger partial charge in [-0.1, -0.05) is 13.8 Å². The van der Waals surface area contributed by atoms with Gasteiger partial charge < -0.3 is 15.4 Å². The highest BCUT2D eigenvalue weighted by atomic mass is 16.5. The molecule has 0 heterocycles. The maximum Gasteiger partial charge on any atom is 0.191 e. The summed E-state index contributed by atoms with van der Waals surface area (Å²) in [6.45, 7) is 17.6. The van der Waals surface area contributed by atoms with E-state index >= 15 is 0 Å². The van der Waals surface area contributed by atoms with Crippen LogP contribution in [0.15, 0.2) is 4.99 Å². The van der Waals surface area contributed by atoms with Crippen molar-refractivity contribution in [2.45, 2.75) is 60.0 Å². The van der Waals surface area contributed by atoms with E-state index in [9.17, 15) is 0 Å². The second-order valence-corrected chi connectivity index (χ2v) is 6.65. The zero-order valence-corrected chi connectivity index (χ0v) is 15.8. The number of nitrogens with one attached hydrogen (secondary N) is 2. The molecule has 5 heteroatoms. The minimum absolute atomic E-state index is 0.561. The first-order valence-electron chi connectivity index (χ1n) is 8.66. The summed E-state index contributed by atoms with van der Waals surface area (Å²) in [5, 5.41) is 6.65. The van der Waals surface area contributed by atoms with Crippen molar-refractivity contribution in [1.82, 2.24) is 15.5 Å². The Kier molecular flexibility index (Phi) is 12.2. The Bertz CT molecular complexity index is 282. The van der Waals surface area contributed by atoms with Crippen molar-refractivity contribution in [2.75, 3.05) is 39.9 Å². The Morgan fingerprint density at radius 1 is 0.955 bits per heavy atom. The van der Waals surface area contributed by atoms with Crippen molar-refractivity contribution >= 4 is 5.96 Å². The van der Waals surface area contributed by atoms with Crippen molar-refractivity contribution in [3.8, 4) is 0 Å². The lowest BCUT2D eigenvalue weighted by Gasteiger charge is -2.30. The van der Waals surface area contributed by atoms with Crippen molar-refractivity contribution in [2.24, 2.45) is 10.9 Å².